The number of aryl methyl sites for hydroxylation is 1. The van der Waals surface area contributed by atoms with Crippen LogP contribution in [0.2, 0.25) is 0 Å². The second-order valence-electron chi connectivity index (χ2n) is 8.48. The molecule has 8 heteroatoms. The summed E-state index contributed by atoms with van der Waals surface area (Å²) in [6, 6.07) is 5.81. The number of fused-ring (bicyclic) bond motifs is 1. The van der Waals surface area contributed by atoms with Crippen LogP contribution in [-0.2, 0) is 0 Å². The number of halogens is 1. The number of benzene rings is 1. The smallest absolute Gasteiger partial charge is 0.254 e. The van der Waals surface area contributed by atoms with Crippen molar-refractivity contribution in [3.8, 4) is 17.0 Å². The van der Waals surface area contributed by atoms with Crippen LogP contribution in [0.1, 0.15) is 35.3 Å². The van der Waals surface area contributed by atoms with Crippen LogP contribution < -0.4 is 5.32 Å². The Morgan fingerprint density at radius 1 is 1.23 bits per heavy atom. The van der Waals surface area contributed by atoms with E-state index in [9.17, 15) is 14.3 Å². The lowest BCUT2D eigenvalue weighted by Crippen LogP contribution is -2.39. The maximum absolute atomic E-state index is 13.9. The van der Waals surface area contributed by atoms with Crippen molar-refractivity contribution in [1.29, 1.82) is 0 Å². The fourth-order valence-corrected chi connectivity index (χ4v) is 4.81. The number of phenolic OH excluding ortho intramolecular Hbond substituents is 1. The molecule has 156 valence electrons. The zero-order valence-electron chi connectivity index (χ0n) is 16.8. The maximum atomic E-state index is 13.9. The van der Waals surface area contributed by atoms with Crippen molar-refractivity contribution in [1.82, 2.24) is 25.4 Å². The Labute approximate surface area is 173 Å². The van der Waals surface area contributed by atoms with E-state index < -0.39 is 11.6 Å². The number of hydrogen-bond acceptors (Lipinski definition) is 5. The standard InChI is InChI=1S/C22H24FN5O2/c1-13-19-15(21(30)28-9-6-22(12-28)4-7-24-8-5-22)11-17(25-20(19)27-26-13)14-2-3-18(29)16(23)10-14/h2-3,10-11,24,29H,4-9,12H2,1H3,(H,25,26,27). The molecule has 2 aromatic heterocycles. The number of nitrogens with zero attached hydrogens (tertiary/aromatic N) is 3. The molecule has 0 unspecified atom stereocenters. The summed E-state index contributed by atoms with van der Waals surface area (Å²) < 4.78 is 13.9. The fourth-order valence-electron chi connectivity index (χ4n) is 4.81. The van der Waals surface area contributed by atoms with Gasteiger partial charge in [-0.2, -0.15) is 5.10 Å². The first-order chi connectivity index (χ1) is 14.5. The second kappa shape index (κ2) is 7.05. The molecule has 2 aliphatic rings. The van der Waals surface area contributed by atoms with Crippen LogP contribution in [0.25, 0.3) is 22.3 Å². The van der Waals surface area contributed by atoms with Crippen molar-refractivity contribution >= 4 is 16.9 Å². The number of aromatic amines is 1. The molecule has 5 rings (SSSR count). The monoisotopic (exact) mass is 409 g/mol. The van der Waals surface area contributed by atoms with Crippen LogP contribution in [0, 0.1) is 18.2 Å². The SMILES string of the molecule is Cc1n[nH]c2nc(-c3ccc(O)c(F)c3)cc(C(=O)N3CCC4(CCNCC4)C3)c12. The highest BCUT2D eigenvalue weighted by Crippen LogP contribution is 2.39. The van der Waals surface area contributed by atoms with Crippen LogP contribution in [0.3, 0.4) is 0 Å². The molecule has 2 fully saturated rings. The minimum absolute atomic E-state index is 0.0391. The number of hydrogen-bond donors (Lipinski definition) is 3. The van der Waals surface area contributed by atoms with Crippen molar-refractivity contribution in [3.63, 3.8) is 0 Å². The largest absolute Gasteiger partial charge is 0.505 e. The van der Waals surface area contributed by atoms with E-state index in [1.165, 1.54) is 12.1 Å². The van der Waals surface area contributed by atoms with Gasteiger partial charge in [-0.3, -0.25) is 9.89 Å². The molecule has 1 amide bonds. The maximum Gasteiger partial charge on any atom is 0.254 e. The molecular formula is C22H24FN5O2. The molecule has 0 aliphatic carbocycles. The van der Waals surface area contributed by atoms with Gasteiger partial charge < -0.3 is 15.3 Å². The van der Waals surface area contributed by atoms with Crippen molar-refractivity contribution in [2.24, 2.45) is 5.41 Å². The van der Waals surface area contributed by atoms with E-state index in [0.29, 0.717) is 33.5 Å². The van der Waals surface area contributed by atoms with Gasteiger partial charge in [0, 0.05) is 18.7 Å². The second-order valence-corrected chi connectivity index (χ2v) is 8.48. The number of likely N-dealkylation sites (tertiary alicyclic amines) is 1. The van der Waals surface area contributed by atoms with Crippen molar-refractivity contribution in [2.75, 3.05) is 26.2 Å². The third-order valence-corrected chi connectivity index (χ3v) is 6.57. The highest BCUT2D eigenvalue weighted by atomic mass is 19.1. The number of nitrogens with one attached hydrogen (secondary N) is 2. The first kappa shape index (κ1) is 19.0. The Morgan fingerprint density at radius 3 is 2.80 bits per heavy atom. The zero-order valence-corrected chi connectivity index (χ0v) is 16.8. The number of pyridine rings is 1. The summed E-state index contributed by atoms with van der Waals surface area (Å²) in [4.78, 5) is 20.1. The van der Waals surface area contributed by atoms with Gasteiger partial charge in [-0.1, -0.05) is 0 Å². The van der Waals surface area contributed by atoms with Gasteiger partial charge in [0.2, 0.25) is 0 Å². The lowest BCUT2D eigenvalue weighted by molar-refractivity contribution is 0.0763. The van der Waals surface area contributed by atoms with Crippen LogP contribution >= 0.6 is 0 Å². The minimum Gasteiger partial charge on any atom is -0.505 e. The molecule has 7 nitrogen and oxygen atoms in total. The first-order valence-electron chi connectivity index (χ1n) is 10.3. The van der Waals surface area contributed by atoms with Crippen LogP contribution in [0.15, 0.2) is 24.3 Å². The number of H-pyrrole nitrogens is 1. The Hall–Kier alpha value is -3.00. The molecule has 0 atom stereocenters. The number of phenols is 1. The van der Waals surface area contributed by atoms with Gasteiger partial charge in [-0.15, -0.1) is 0 Å². The Balaban J connectivity index is 1.55. The van der Waals surface area contributed by atoms with E-state index in [1.807, 2.05) is 11.8 Å². The summed E-state index contributed by atoms with van der Waals surface area (Å²) in [5.74, 6) is -1.18. The van der Waals surface area contributed by atoms with Gasteiger partial charge in [-0.05, 0) is 69.0 Å². The average Bonchev–Trinajstić information content (AvgIpc) is 3.33. The molecule has 4 heterocycles. The van der Waals surface area contributed by atoms with Gasteiger partial charge >= 0.3 is 0 Å². The lowest BCUT2D eigenvalue weighted by Gasteiger charge is -2.33. The first-order valence-corrected chi connectivity index (χ1v) is 10.3. The van der Waals surface area contributed by atoms with E-state index in [-0.39, 0.29) is 11.3 Å². The normalized spacial score (nSPS) is 18.4. The van der Waals surface area contributed by atoms with Crippen molar-refractivity contribution < 1.29 is 14.3 Å². The topological polar surface area (TPSA) is 94.1 Å². The Bertz CT molecular complexity index is 1140. The van der Waals surface area contributed by atoms with Crippen molar-refractivity contribution in [2.45, 2.75) is 26.2 Å². The summed E-state index contributed by atoms with van der Waals surface area (Å²) in [7, 11) is 0. The molecule has 3 N–H and O–H groups in total. The number of carbonyl (C=O) groups is 1. The highest BCUT2D eigenvalue weighted by molar-refractivity contribution is 6.07. The minimum atomic E-state index is -0.726. The van der Waals surface area contributed by atoms with E-state index in [1.54, 1.807) is 12.1 Å². The molecule has 30 heavy (non-hydrogen) atoms. The Morgan fingerprint density at radius 2 is 2.03 bits per heavy atom. The third-order valence-electron chi connectivity index (χ3n) is 6.57. The van der Waals surface area contributed by atoms with Gasteiger partial charge in [0.1, 0.15) is 0 Å². The molecule has 2 saturated heterocycles. The van der Waals surface area contributed by atoms with E-state index in [4.69, 9.17) is 0 Å². The van der Waals surface area contributed by atoms with Crippen LogP contribution in [0.4, 0.5) is 4.39 Å². The number of aromatic nitrogens is 3. The summed E-state index contributed by atoms with van der Waals surface area (Å²) in [6.07, 6.45) is 3.20. The van der Waals surface area contributed by atoms with E-state index in [0.717, 1.165) is 45.4 Å². The molecule has 1 spiro atoms. The van der Waals surface area contributed by atoms with E-state index >= 15 is 0 Å². The Kier molecular flexibility index (Phi) is 4.47. The van der Waals surface area contributed by atoms with E-state index in [2.05, 4.69) is 20.5 Å². The molecule has 0 saturated carbocycles. The molecule has 3 aromatic rings. The average molecular weight is 409 g/mol. The molecule has 0 radical (unpaired) electrons. The number of piperidine rings is 1. The zero-order chi connectivity index (χ0) is 20.9. The van der Waals surface area contributed by atoms with Gasteiger partial charge in [-0.25, -0.2) is 9.37 Å². The highest BCUT2D eigenvalue weighted by Gasteiger charge is 2.41. The van der Waals surface area contributed by atoms with Gasteiger partial charge in [0.05, 0.1) is 22.3 Å². The number of aromatic hydroxyl groups is 1. The third kappa shape index (κ3) is 3.11. The summed E-state index contributed by atoms with van der Waals surface area (Å²) in [5, 5.41) is 20.7. The number of amides is 1. The lowest BCUT2D eigenvalue weighted by atomic mass is 9.78. The number of carbonyl (C=O) groups excluding carboxylic acids is 1. The number of rotatable bonds is 2. The summed E-state index contributed by atoms with van der Waals surface area (Å²) >= 11 is 0. The molecule has 0 bridgehead atoms. The van der Waals surface area contributed by atoms with Crippen LogP contribution in [0.5, 0.6) is 5.75 Å². The molecular weight excluding hydrogens is 385 g/mol. The van der Waals surface area contributed by atoms with Gasteiger partial charge in [0.15, 0.2) is 17.2 Å². The molecule has 2 aliphatic heterocycles. The fraction of sp³-hybridized carbons (Fsp3) is 0.409. The van der Waals surface area contributed by atoms with Crippen molar-refractivity contribution in [3.05, 3.63) is 41.3 Å². The molecule has 1 aromatic carbocycles. The predicted molar refractivity (Wildman–Crippen MR) is 111 cm³/mol. The predicted octanol–water partition coefficient (Wildman–Crippen LogP) is 2.99. The quantitative estimate of drug-likeness (QED) is 0.605. The summed E-state index contributed by atoms with van der Waals surface area (Å²) in [5.41, 5.74) is 2.90. The summed E-state index contributed by atoms with van der Waals surface area (Å²) in [6.45, 7) is 5.34. The van der Waals surface area contributed by atoms with Crippen LogP contribution in [-0.4, -0.2) is 57.3 Å². The van der Waals surface area contributed by atoms with Gasteiger partial charge in [0.25, 0.3) is 5.91 Å².